The molecule has 0 fully saturated rings. The van der Waals surface area contributed by atoms with Gasteiger partial charge in [-0.25, -0.2) is 0 Å². The van der Waals surface area contributed by atoms with Crippen LogP contribution in [0.25, 0.3) is 0 Å². The van der Waals surface area contributed by atoms with E-state index in [0.29, 0.717) is 16.7 Å². The Hall–Kier alpha value is -1.27. The van der Waals surface area contributed by atoms with Gasteiger partial charge in [-0.3, -0.25) is 0 Å². The molecule has 0 spiro atoms. The first-order valence-electron chi connectivity index (χ1n) is 4.31. The largest absolute Gasteiger partial charge is 0.482 e. The Morgan fingerprint density at radius 2 is 2.25 bits per heavy atom. The topological polar surface area (TPSA) is 74.2 Å². The predicted molar refractivity (Wildman–Crippen MR) is 62.2 cm³/mol. The lowest BCUT2D eigenvalue weighted by Crippen LogP contribution is -1.96. The van der Waals surface area contributed by atoms with Crippen molar-refractivity contribution in [3.63, 3.8) is 0 Å². The zero-order chi connectivity index (χ0) is 11.5. The normalized spacial score (nSPS) is 10.4. The highest BCUT2D eigenvalue weighted by Gasteiger charge is 2.06. The average Bonchev–Trinajstić information content (AvgIpc) is 2.63. The Kier molecular flexibility index (Phi) is 3.31. The quantitative estimate of drug-likeness (QED) is 0.943. The van der Waals surface area contributed by atoms with Gasteiger partial charge in [0.05, 0.1) is 5.02 Å². The van der Waals surface area contributed by atoms with Crippen LogP contribution in [-0.4, -0.2) is 10.2 Å². The Morgan fingerprint density at radius 3 is 2.88 bits per heavy atom. The van der Waals surface area contributed by atoms with Crippen LogP contribution in [0.15, 0.2) is 27.1 Å². The highest BCUT2D eigenvalue weighted by molar-refractivity contribution is 9.10. The summed E-state index contributed by atoms with van der Waals surface area (Å²) < 4.78 is 11.2. The van der Waals surface area contributed by atoms with Crippen molar-refractivity contribution in [3.05, 3.63) is 33.6 Å². The van der Waals surface area contributed by atoms with Gasteiger partial charge < -0.3 is 14.9 Å². The summed E-state index contributed by atoms with van der Waals surface area (Å²) in [5.41, 5.74) is 5.27. The molecule has 0 unspecified atom stereocenters. The smallest absolute Gasteiger partial charge is 0.312 e. The third-order valence-electron chi connectivity index (χ3n) is 1.73. The summed E-state index contributed by atoms with van der Waals surface area (Å²) in [6, 6.07) is 5.31. The zero-order valence-corrected chi connectivity index (χ0v) is 10.3. The number of hydrogen-bond donors (Lipinski definition) is 1. The molecule has 0 saturated heterocycles. The highest BCUT2D eigenvalue weighted by atomic mass is 79.9. The minimum absolute atomic E-state index is 0.0144. The van der Waals surface area contributed by atoms with Crippen LogP contribution in [0.1, 0.15) is 5.89 Å². The third-order valence-corrected chi connectivity index (χ3v) is 2.52. The predicted octanol–water partition coefficient (Wildman–Crippen LogP) is 2.65. The summed E-state index contributed by atoms with van der Waals surface area (Å²) in [5, 5.41) is 7.67. The van der Waals surface area contributed by atoms with E-state index in [2.05, 4.69) is 26.1 Å². The van der Waals surface area contributed by atoms with Gasteiger partial charge in [0.15, 0.2) is 6.61 Å². The number of halogens is 2. The molecule has 16 heavy (non-hydrogen) atoms. The van der Waals surface area contributed by atoms with Gasteiger partial charge in [-0.2, -0.15) is 0 Å². The molecule has 0 radical (unpaired) electrons. The molecule has 2 rings (SSSR count). The van der Waals surface area contributed by atoms with Crippen molar-refractivity contribution >= 4 is 33.5 Å². The van der Waals surface area contributed by atoms with Gasteiger partial charge in [-0.05, 0) is 18.2 Å². The first-order chi connectivity index (χ1) is 7.65. The Balaban J connectivity index is 2.04. The summed E-state index contributed by atoms with van der Waals surface area (Å²) in [4.78, 5) is 0. The molecule has 2 aromatic rings. The van der Waals surface area contributed by atoms with Gasteiger partial charge >= 0.3 is 6.01 Å². The van der Waals surface area contributed by atoms with Gasteiger partial charge in [-0.15, -0.1) is 5.10 Å². The molecule has 0 amide bonds. The maximum absolute atomic E-state index is 5.95. The molecule has 84 valence electrons. The van der Waals surface area contributed by atoms with Crippen LogP contribution in [0.5, 0.6) is 5.75 Å². The van der Waals surface area contributed by atoms with E-state index in [1.54, 1.807) is 12.1 Å². The summed E-state index contributed by atoms with van der Waals surface area (Å²) in [5.74, 6) is 0.845. The maximum Gasteiger partial charge on any atom is 0.312 e. The second-order valence-corrected chi connectivity index (χ2v) is 4.22. The summed E-state index contributed by atoms with van der Waals surface area (Å²) in [6.45, 7) is 0.131. The highest BCUT2D eigenvalue weighted by Crippen LogP contribution is 2.28. The molecule has 1 aromatic carbocycles. The minimum Gasteiger partial charge on any atom is -0.482 e. The van der Waals surface area contributed by atoms with Crippen LogP contribution in [-0.2, 0) is 6.61 Å². The molecule has 5 nitrogen and oxygen atoms in total. The van der Waals surface area contributed by atoms with Crippen LogP contribution in [0.4, 0.5) is 6.01 Å². The number of nitrogen functional groups attached to an aromatic ring is 1. The van der Waals surface area contributed by atoms with Crippen molar-refractivity contribution in [1.82, 2.24) is 10.2 Å². The van der Waals surface area contributed by atoms with Crippen molar-refractivity contribution < 1.29 is 9.15 Å². The van der Waals surface area contributed by atoms with Crippen LogP contribution in [0, 0.1) is 0 Å². The van der Waals surface area contributed by atoms with Crippen molar-refractivity contribution in [2.24, 2.45) is 0 Å². The maximum atomic E-state index is 5.95. The van der Waals surface area contributed by atoms with E-state index in [-0.39, 0.29) is 12.6 Å². The fourth-order valence-electron chi connectivity index (χ4n) is 1.06. The lowest BCUT2D eigenvalue weighted by atomic mass is 10.3. The number of benzene rings is 1. The number of anilines is 1. The van der Waals surface area contributed by atoms with Crippen LogP contribution >= 0.6 is 27.5 Å². The van der Waals surface area contributed by atoms with E-state index in [1.807, 2.05) is 6.07 Å². The first-order valence-corrected chi connectivity index (χ1v) is 5.48. The fraction of sp³-hybridized carbons (Fsp3) is 0.111. The Bertz CT molecular complexity index is 503. The third kappa shape index (κ3) is 2.65. The van der Waals surface area contributed by atoms with E-state index in [1.165, 1.54) is 0 Å². The lowest BCUT2D eigenvalue weighted by Gasteiger charge is -2.05. The molecular weight excluding hydrogens is 297 g/mol. The minimum atomic E-state index is 0.0144. The second-order valence-electron chi connectivity index (χ2n) is 2.90. The number of hydrogen-bond acceptors (Lipinski definition) is 5. The molecule has 0 saturated carbocycles. The molecule has 1 aromatic heterocycles. The molecule has 0 aliphatic carbocycles. The van der Waals surface area contributed by atoms with Crippen molar-refractivity contribution in [2.45, 2.75) is 6.61 Å². The molecule has 7 heteroatoms. The van der Waals surface area contributed by atoms with Crippen LogP contribution < -0.4 is 10.5 Å². The van der Waals surface area contributed by atoms with Crippen molar-refractivity contribution in [2.75, 3.05) is 5.73 Å². The number of nitrogens with zero attached hydrogens (tertiary/aromatic N) is 2. The van der Waals surface area contributed by atoms with Gasteiger partial charge in [-0.1, -0.05) is 32.6 Å². The van der Waals surface area contributed by atoms with Gasteiger partial charge in [0.25, 0.3) is 5.89 Å². The fourth-order valence-corrected chi connectivity index (χ4v) is 1.78. The Morgan fingerprint density at radius 1 is 1.44 bits per heavy atom. The second kappa shape index (κ2) is 4.71. The van der Waals surface area contributed by atoms with Crippen LogP contribution in [0.2, 0.25) is 5.02 Å². The number of nitrogens with two attached hydrogens (primary N) is 1. The van der Waals surface area contributed by atoms with E-state index >= 15 is 0 Å². The van der Waals surface area contributed by atoms with E-state index < -0.39 is 0 Å². The molecule has 1 heterocycles. The van der Waals surface area contributed by atoms with Gasteiger partial charge in [0.1, 0.15) is 5.75 Å². The first kappa shape index (κ1) is 11.2. The summed E-state index contributed by atoms with van der Waals surface area (Å²) in [6.07, 6.45) is 0. The zero-order valence-electron chi connectivity index (χ0n) is 7.98. The summed E-state index contributed by atoms with van der Waals surface area (Å²) in [7, 11) is 0. The van der Waals surface area contributed by atoms with Crippen molar-refractivity contribution in [3.8, 4) is 5.75 Å². The Labute approximate surface area is 105 Å². The number of ether oxygens (including phenoxy) is 1. The van der Waals surface area contributed by atoms with Crippen molar-refractivity contribution in [1.29, 1.82) is 0 Å². The van der Waals surface area contributed by atoms with Gasteiger partial charge in [0.2, 0.25) is 0 Å². The number of rotatable bonds is 3. The molecule has 0 aliphatic heterocycles. The average molecular weight is 305 g/mol. The summed E-state index contributed by atoms with van der Waals surface area (Å²) >= 11 is 9.25. The molecule has 0 atom stereocenters. The molecule has 0 bridgehead atoms. The molecule has 2 N–H and O–H groups in total. The standard InChI is InChI=1S/C9H7BrClN3O2/c10-5-1-2-7(6(11)3-5)15-4-8-13-14-9(12)16-8/h1-3H,4H2,(H2,12,14). The molecule has 0 aliphatic rings. The SMILES string of the molecule is Nc1nnc(COc2ccc(Br)cc2Cl)o1. The van der Waals surface area contributed by atoms with E-state index in [9.17, 15) is 0 Å². The van der Waals surface area contributed by atoms with Gasteiger partial charge in [0, 0.05) is 4.47 Å². The van der Waals surface area contributed by atoms with E-state index in [4.69, 9.17) is 26.5 Å². The monoisotopic (exact) mass is 303 g/mol. The number of aromatic nitrogens is 2. The molecular formula is C9H7BrClN3O2. The lowest BCUT2D eigenvalue weighted by molar-refractivity contribution is 0.265. The van der Waals surface area contributed by atoms with Crippen LogP contribution in [0.3, 0.4) is 0 Å². The van der Waals surface area contributed by atoms with E-state index in [0.717, 1.165) is 4.47 Å².